The smallest absolute Gasteiger partial charge is 0.269 e. The molecule has 0 aliphatic carbocycles. The number of nitrogens with one attached hydrogen (secondary N) is 1. The van der Waals surface area contributed by atoms with Crippen LogP contribution in [0.2, 0.25) is 0 Å². The highest BCUT2D eigenvalue weighted by Crippen LogP contribution is 2.30. The van der Waals surface area contributed by atoms with E-state index in [1.807, 2.05) is 36.4 Å². The van der Waals surface area contributed by atoms with Gasteiger partial charge in [0.2, 0.25) is 5.91 Å². The fourth-order valence-corrected chi connectivity index (χ4v) is 5.15. The number of nitrogens with two attached hydrogens (primary N) is 1. The topological polar surface area (TPSA) is 153 Å². The second-order valence-corrected chi connectivity index (χ2v) is 10.4. The lowest BCUT2D eigenvalue weighted by molar-refractivity contribution is -0.121. The van der Waals surface area contributed by atoms with Crippen LogP contribution in [0.5, 0.6) is 0 Å². The van der Waals surface area contributed by atoms with Crippen molar-refractivity contribution in [2.24, 2.45) is 10.7 Å². The molecule has 0 bridgehead atoms. The summed E-state index contributed by atoms with van der Waals surface area (Å²) >= 11 is 0. The zero-order valence-corrected chi connectivity index (χ0v) is 22.5. The summed E-state index contributed by atoms with van der Waals surface area (Å²) in [5.41, 5.74) is 8.66. The number of amides is 2. The van der Waals surface area contributed by atoms with Crippen LogP contribution in [0, 0.1) is 22.7 Å². The maximum atomic E-state index is 13.0. The van der Waals surface area contributed by atoms with Gasteiger partial charge in [-0.1, -0.05) is 30.3 Å². The van der Waals surface area contributed by atoms with Crippen molar-refractivity contribution in [3.8, 4) is 12.1 Å². The number of nitrogens with zero attached hydrogens (tertiary/aromatic N) is 6. The van der Waals surface area contributed by atoms with Gasteiger partial charge in [-0.2, -0.15) is 15.6 Å². The maximum absolute atomic E-state index is 13.0. The SMILES string of the molecule is N#Cc1ccc(CN2CCC(NC(=O)C3=CCC(C(N)=O)(c4ccn(Cc5ccc(C#N)cc5)n4)C=N3)CC2)cc1. The van der Waals surface area contributed by atoms with Crippen LogP contribution in [0.4, 0.5) is 0 Å². The van der Waals surface area contributed by atoms with Crippen molar-refractivity contribution in [1.29, 1.82) is 10.5 Å². The van der Waals surface area contributed by atoms with Crippen LogP contribution in [0.15, 0.2) is 77.6 Å². The molecule has 3 N–H and O–H groups in total. The molecular formula is C31H30N8O2. The molecular weight excluding hydrogens is 516 g/mol. The number of carbonyl (C=O) groups excluding carboxylic acids is 2. The first-order valence-corrected chi connectivity index (χ1v) is 13.5. The van der Waals surface area contributed by atoms with Gasteiger partial charge in [0.15, 0.2) is 0 Å². The van der Waals surface area contributed by atoms with Crippen LogP contribution in [0.1, 0.15) is 47.2 Å². The summed E-state index contributed by atoms with van der Waals surface area (Å²) in [5, 5.41) is 25.6. The van der Waals surface area contributed by atoms with Gasteiger partial charge in [0.1, 0.15) is 11.1 Å². The minimum atomic E-state index is -1.24. The molecule has 1 saturated heterocycles. The molecule has 41 heavy (non-hydrogen) atoms. The van der Waals surface area contributed by atoms with Gasteiger partial charge < -0.3 is 11.1 Å². The molecule has 2 aliphatic heterocycles. The lowest BCUT2D eigenvalue weighted by atomic mass is 9.80. The summed E-state index contributed by atoms with van der Waals surface area (Å²) in [4.78, 5) is 32.3. The average molecular weight is 547 g/mol. The Morgan fingerprint density at radius 3 is 2.10 bits per heavy atom. The third-order valence-corrected chi connectivity index (χ3v) is 7.65. The average Bonchev–Trinajstić information content (AvgIpc) is 3.47. The van der Waals surface area contributed by atoms with Gasteiger partial charge in [-0.15, -0.1) is 0 Å². The number of carbonyl (C=O) groups is 2. The summed E-state index contributed by atoms with van der Waals surface area (Å²) in [5.74, 6) is -0.855. The molecule has 10 heteroatoms. The molecule has 2 aromatic carbocycles. The molecule has 0 saturated carbocycles. The number of likely N-dealkylation sites (tertiary alicyclic amines) is 1. The second kappa shape index (κ2) is 12.0. The van der Waals surface area contributed by atoms with Crippen molar-refractivity contribution in [3.05, 3.63) is 101 Å². The first-order chi connectivity index (χ1) is 19.9. The zero-order valence-electron chi connectivity index (χ0n) is 22.5. The molecule has 2 amide bonds. The number of nitriles is 2. The number of benzene rings is 2. The Kier molecular flexibility index (Phi) is 8.04. The molecule has 1 atom stereocenters. The lowest BCUT2D eigenvalue weighted by Crippen LogP contribution is -2.46. The lowest BCUT2D eigenvalue weighted by Gasteiger charge is -2.32. The highest BCUT2D eigenvalue weighted by Gasteiger charge is 2.41. The predicted octanol–water partition coefficient (Wildman–Crippen LogP) is 2.54. The molecule has 206 valence electrons. The van der Waals surface area contributed by atoms with Crippen molar-refractivity contribution < 1.29 is 9.59 Å². The van der Waals surface area contributed by atoms with Gasteiger partial charge >= 0.3 is 0 Å². The molecule has 1 fully saturated rings. The van der Waals surface area contributed by atoms with E-state index in [-0.39, 0.29) is 24.1 Å². The van der Waals surface area contributed by atoms with Crippen LogP contribution in [0.25, 0.3) is 0 Å². The van der Waals surface area contributed by atoms with Crippen LogP contribution in [-0.4, -0.2) is 51.8 Å². The standard InChI is InChI=1S/C31H30N8O2/c32-17-22-1-5-24(6-2-22)19-38-14-10-26(11-15-38)36-29(40)27-9-13-31(21-35-27,30(34)41)28-12-16-39(37-28)20-25-7-3-23(18-33)4-8-25/h1-9,12,16,21,26H,10-11,13-15,19-20H2,(H2,34,41)(H,36,40). The Morgan fingerprint density at radius 1 is 0.951 bits per heavy atom. The molecule has 3 aromatic rings. The fourth-order valence-electron chi connectivity index (χ4n) is 5.15. The molecule has 5 rings (SSSR count). The first kappa shape index (κ1) is 27.5. The van der Waals surface area contributed by atoms with E-state index < -0.39 is 11.3 Å². The van der Waals surface area contributed by atoms with E-state index in [9.17, 15) is 9.59 Å². The summed E-state index contributed by atoms with van der Waals surface area (Å²) < 4.78 is 1.70. The molecule has 10 nitrogen and oxygen atoms in total. The van der Waals surface area contributed by atoms with Gasteiger partial charge in [0.25, 0.3) is 5.91 Å². The first-order valence-electron chi connectivity index (χ1n) is 13.5. The van der Waals surface area contributed by atoms with E-state index in [1.165, 1.54) is 6.21 Å². The Bertz CT molecular complexity index is 1570. The number of allylic oxidation sites excluding steroid dienone is 1. The highest BCUT2D eigenvalue weighted by molar-refractivity contribution is 6.06. The van der Waals surface area contributed by atoms with E-state index in [4.69, 9.17) is 16.3 Å². The van der Waals surface area contributed by atoms with Gasteiger partial charge in [-0.3, -0.25) is 24.2 Å². The number of aromatic nitrogens is 2. The molecule has 0 spiro atoms. The van der Waals surface area contributed by atoms with Crippen LogP contribution in [0.3, 0.4) is 0 Å². The Balaban J connectivity index is 1.16. The molecule has 3 heterocycles. The minimum absolute atomic E-state index is 0.0385. The van der Waals surface area contributed by atoms with Crippen molar-refractivity contribution in [1.82, 2.24) is 20.0 Å². The van der Waals surface area contributed by atoms with E-state index in [0.29, 0.717) is 23.4 Å². The maximum Gasteiger partial charge on any atom is 0.269 e. The largest absolute Gasteiger partial charge is 0.369 e. The number of piperidine rings is 1. The molecule has 1 unspecified atom stereocenters. The van der Waals surface area contributed by atoms with E-state index in [1.54, 1.807) is 35.2 Å². The Hall–Kier alpha value is -5.06. The van der Waals surface area contributed by atoms with E-state index in [0.717, 1.165) is 43.6 Å². The predicted molar refractivity (Wildman–Crippen MR) is 152 cm³/mol. The normalized spacial score (nSPS) is 19.1. The third-order valence-electron chi connectivity index (χ3n) is 7.65. The quantitative estimate of drug-likeness (QED) is 0.443. The Labute approximate surface area is 238 Å². The van der Waals surface area contributed by atoms with Crippen LogP contribution >= 0.6 is 0 Å². The number of rotatable bonds is 8. The third kappa shape index (κ3) is 6.24. The van der Waals surface area contributed by atoms with Crippen LogP contribution in [-0.2, 0) is 28.1 Å². The molecule has 2 aliphatic rings. The summed E-state index contributed by atoms with van der Waals surface area (Å²) in [6.45, 7) is 2.97. The van der Waals surface area contributed by atoms with E-state index >= 15 is 0 Å². The van der Waals surface area contributed by atoms with Crippen molar-refractivity contribution in [2.75, 3.05) is 13.1 Å². The zero-order chi connectivity index (χ0) is 28.8. The number of hydrogen-bond donors (Lipinski definition) is 2. The number of primary amides is 1. The highest BCUT2D eigenvalue weighted by atomic mass is 16.2. The van der Waals surface area contributed by atoms with E-state index in [2.05, 4.69) is 32.4 Å². The minimum Gasteiger partial charge on any atom is -0.369 e. The number of hydrogen-bond acceptors (Lipinski definition) is 7. The Morgan fingerprint density at radius 2 is 1.56 bits per heavy atom. The van der Waals surface area contributed by atoms with Gasteiger partial charge in [0.05, 0.1) is 35.5 Å². The summed E-state index contributed by atoms with van der Waals surface area (Å²) in [6, 6.07) is 20.8. The van der Waals surface area contributed by atoms with Gasteiger partial charge in [0, 0.05) is 38.1 Å². The summed E-state index contributed by atoms with van der Waals surface area (Å²) in [6.07, 6.45) is 6.69. The van der Waals surface area contributed by atoms with Crippen molar-refractivity contribution >= 4 is 18.0 Å². The second-order valence-electron chi connectivity index (χ2n) is 10.4. The van der Waals surface area contributed by atoms with Gasteiger partial charge in [-0.25, -0.2) is 0 Å². The monoisotopic (exact) mass is 546 g/mol. The molecule has 1 aromatic heterocycles. The molecule has 0 radical (unpaired) electrons. The van der Waals surface area contributed by atoms with Crippen molar-refractivity contribution in [3.63, 3.8) is 0 Å². The van der Waals surface area contributed by atoms with Crippen molar-refractivity contribution in [2.45, 2.75) is 43.8 Å². The fraction of sp³-hybridized carbons (Fsp3) is 0.290. The summed E-state index contributed by atoms with van der Waals surface area (Å²) in [7, 11) is 0. The van der Waals surface area contributed by atoms with Crippen LogP contribution < -0.4 is 11.1 Å². The van der Waals surface area contributed by atoms with Gasteiger partial charge in [-0.05, 0) is 60.7 Å². The number of aliphatic imine (C=N–C) groups is 1.